The molecule has 6 nitrogen and oxygen atoms in total. The second-order valence-corrected chi connectivity index (χ2v) is 8.80. The van der Waals surface area contributed by atoms with E-state index in [1.807, 2.05) is 25.1 Å². The molecule has 1 saturated heterocycles. The van der Waals surface area contributed by atoms with Crippen LogP contribution in [0.25, 0.3) is 0 Å². The second kappa shape index (κ2) is 7.27. The first-order chi connectivity index (χ1) is 11.8. The fourth-order valence-electron chi connectivity index (χ4n) is 3.39. The Bertz CT molecular complexity index is 814. The van der Waals surface area contributed by atoms with Crippen LogP contribution in [-0.4, -0.2) is 51.0 Å². The number of sulfone groups is 1. The molecular formula is C18H24N2O4S. The van der Waals surface area contributed by atoms with E-state index in [0.717, 1.165) is 43.1 Å². The van der Waals surface area contributed by atoms with Gasteiger partial charge in [-0.15, -0.1) is 0 Å². The van der Waals surface area contributed by atoms with Gasteiger partial charge in [0.05, 0.1) is 16.7 Å². The highest BCUT2D eigenvalue weighted by molar-refractivity contribution is 7.90. The van der Waals surface area contributed by atoms with Gasteiger partial charge < -0.3 is 9.26 Å². The molecule has 0 N–H and O–H groups in total. The number of rotatable bonds is 6. The maximum absolute atomic E-state index is 11.5. The van der Waals surface area contributed by atoms with Crippen molar-refractivity contribution in [3.63, 3.8) is 0 Å². The van der Waals surface area contributed by atoms with Crippen molar-refractivity contribution in [3.05, 3.63) is 47.3 Å². The molecule has 1 aliphatic heterocycles. The third-order valence-electron chi connectivity index (χ3n) is 4.66. The Kier molecular flexibility index (Phi) is 5.27. The quantitative estimate of drug-likeness (QED) is 0.781. The zero-order valence-corrected chi connectivity index (χ0v) is 15.6. The lowest BCUT2D eigenvalue weighted by atomic mass is 10.0. The molecule has 25 heavy (non-hydrogen) atoms. The van der Waals surface area contributed by atoms with Gasteiger partial charge in [-0.1, -0.05) is 17.3 Å². The SMILES string of the molecule is CO[C@H]1CN(Cc2ccc(S(C)(=O)=O)cc2)C[C@H]1Cc1cc(C)no1. The molecule has 3 rings (SSSR count). The van der Waals surface area contributed by atoms with E-state index >= 15 is 0 Å². The Morgan fingerprint density at radius 1 is 1.28 bits per heavy atom. The van der Waals surface area contributed by atoms with Gasteiger partial charge in [-0.2, -0.15) is 0 Å². The Hall–Kier alpha value is -1.70. The molecule has 136 valence electrons. The summed E-state index contributed by atoms with van der Waals surface area (Å²) in [4.78, 5) is 2.68. The van der Waals surface area contributed by atoms with E-state index in [1.54, 1.807) is 19.2 Å². The lowest BCUT2D eigenvalue weighted by Crippen LogP contribution is -2.23. The van der Waals surface area contributed by atoms with Crippen molar-refractivity contribution in [3.8, 4) is 0 Å². The van der Waals surface area contributed by atoms with E-state index in [9.17, 15) is 8.42 Å². The predicted molar refractivity (Wildman–Crippen MR) is 94.1 cm³/mol. The van der Waals surface area contributed by atoms with Gasteiger partial charge in [-0.05, 0) is 24.6 Å². The minimum Gasteiger partial charge on any atom is -0.380 e. The summed E-state index contributed by atoms with van der Waals surface area (Å²) in [5.74, 6) is 1.25. The van der Waals surface area contributed by atoms with Crippen LogP contribution in [0.3, 0.4) is 0 Å². The number of ether oxygens (including phenoxy) is 1. The monoisotopic (exact) mass is 364 g/mol. The van der Waals surface area contributed by atoms with E-state index in [0.29, 0.717) is 10.8 Å². The maximum atomic E-state index is 11.5. The molecule has 2 atom stereocenters. The van der Waals surface area contributed by atoms with Gasteiger partial charge in [0, 0.05) is 51.4 Å². The van der Waals surface area contributed by atoms with Crippen LogP contribution in [0.15, 0.2) is 39.8 Å². The van der Waals surface area contributed by atoms with E-state index < -0.39 is 9.84 Å². The molecule has 7 heteroatoms. The minimum atomic E-state index is -3.15. The summed E-state index contributed by atoms with van der Waals surface area (Å²) in [7, 11) is -1.41. The normalized spacial score (nSPS) is 21.7. The Labute approximate surface area is 148 Å². The molecule has 1 aromatic carbocycles. The van der Waals surface area contributed by atoms with Crippen LogP contribution in [0.2, 0.25) is 0 Å². The molecule has 1 aliphatic rings. The van der Waals surface area contributed by atoms with Gasteiger partial charge in [-0.25, -0.2) is 8.42 Å². The van der Waals surface area contributed by atoms with Gasteiger partial charge in [-0.3, -0.25) is 4.90 Å². The molecule has 0 amide bonds. The largest absolute Gasteiger partial charge is 0.380 e. The van der Waals surface area contributed by atoms with E-state index in [-0.39, 0.29) is 6.10 Å². The van der Waals surface area contributed by atoms with Gasteiger partial charge >= 0.3 is 0 Å². The van der Waals surface area contributed by atoms with Crippen LogP contribution in [0.5, 0.6) is 0 Å². The molecule has 0 bridgehead atoms. The van der Waals surface area contributed by atoms with Crippen LogP contribution in [0, 0.1) is 12.8 Å². The summed E-state index contributed by atoms with van der Waals surface area (Å²) in [5.41, 5.74) is 1.99. The molecule has 0 aliphatic carbocycles. The van der Waals surface area contributed by atoms with Gasteiger partial charge in [0.25, 0.3) is 0 Å². The maximum Gasteiger partial charge on any atom is 0.175 e. The Morgan fingerprint density at radius 2 is 2.00 bits per heavy atom. The molecule has 0 spiro atoms. The third-order valence-corrected chi connectivity index (χ3v) is 5.79. The molecule has 0 unspecified atom stereocenters. The second-order valence-electron chi connectivity index (χ2n) is 6.78. The highest BCUT2D eigenvalue weighted by Gasteiger charge is 2.33. The fraction of sp³-hybridized carbons (Fsp3) is 0.500. The zero-order chi connectivity index (χ0) is 18.0. The molecule has 1 aromatic heterocycles. The summed E-state index contributed by atoms with van der Waals surface area (Å²) in [6.07, 6.45) is 2.19. The van der Waals surface area contributed by atoms with Crippen LogP contribution in [0.4, 0.5) is 0 Å². The molecule has 1 fully saturated rings. The Morgan fingerprint density at radius 3 is 2.56 bits per heavy atom. The van der Waals surface area contributed by atoms with E-state index in [1.165, 1.54) is 6.26 Å². The number of aryl methyl sites for hydroxylation is 1. The summed E-state index contributed by atoms with van der Waals surface area (Å²) in [5, 5.41) is 3.95. The standard InChI is InChI=1S/C18H24N2O4S/c1-13-8-16(24-19-13)9-15-11-20(12-18(15)23-2)10-14-4-6-17(7-5-14)25(3,21)22/h4-8,15,18H,9-12H2,1-3H3/t15-,18+/m1/s1. The highest BCUT2D eigenvalue weighted by atomic mass is 32.2. The number of likely N-dealkylation sites (tertiary alicyclic amines) is 1. The highest BCUT2D eigenvalue weighted by Crippen LogP contribution is 2.25. The lowest BCUT2D eigenvalue weighted by molar-refractivity contribution is 0.0761. The van der Waals surface area contributed by atoms with Gasteiger partial charge in [0.15, 0.2) is 9.84 Å². The number of methoxy groups -OCH3 is 1. The number of hydrogen-bond acceptors (Lipinski definition) is 6. The van der Waals surface area contributed by atoms with Crippen molar-refractivity contribution >= 4 is 9.84 Å². The number of nitrogens with zero attached hydrogens (tertiary/aromatic N) is 2. The van der Waals surface area contributed by atoms with Gasteiger partial charge in [0.2, 0.25) is 0 Å². The van der Waals surface area contributed by atoms with Crippen molar-refractivity contribution in [2.24, 2.45) is 5.92 Å². The van der Waals surface area contributed by atoms with Crippen molar-refractivity contribution in [1.29, 1.82) is 0 Å². The summed E-state index contributed by atoms with van der Waals surface area (Å²) >= 11 is 0. The zero-order valence-electron chi connectivity index (χ0n) is 14.8. The fourth-order valence-corrected chi connectivity index (χ4v) is 4.02. The summed E-state index contributed by atoms with van der Waals surface area (Å²) in [6.45, 7) is 4.45. The number of benzene rings is 1. The molecule has 0 radical (unpaired) electrons. The van der Waals surface area contributed by atoms with Crippen LogP contribution >= 0.6 is 0 Å². The Balaban J connectivity index is 1.63. The average Bonchev–Trinajstić information content (AvgIpc) is 3.13. The first kappa shape index (κ1) is 18.1. The van der Waals surface area contributed by atoms with Crippen molar-refractivity contribution in [2.45, 2.75) is 30.9 Å². The first-order valence-electron chi connectivity index (χ1n) is 8.31. The first-order valence-corrected chi connectivity index (χ1v) is 10.2. The topological polar surface area (TPSA) is 72.6 Å². The lowest BCUT2D eigenvalue weighted by Gasteiger charge is -2.15. The van der Waals surface area contributed by atoms with Crippen LogP contribution < -0.4 is 0 Å². The number of aromatic nitrogens is 1. The van der Waals surface area contributed by atoms with Crippen molar-refractivity contribution < 1.29 is 17.7 Å². The van der Waals surface area contributed by atoms with E-state index in [2.05, 4.69) is 10.1 Å². The molecule has 0 saturated carbocycles. The number of hydrogen-bond donors (Lipinski definition) is 0. The third kappa shape index (κ3) is 4.48. The smallest absolute Gasteiger partial charge is 0.175 e. The van der Waals surface area contributed by atoms with Crippen LogP contribution in [0.1, 0.15) is 17.0 Å². The summed E-state index contributed by atoms with van der Waals surface area (Å²) < 4.78 is 34.1. The average molecular weight is 364 g/mol. The summed E-state index contributed by atoms with van der Waals surface area (Å²) in [6, 6.07) is 9.07. The predicted octanol–water partition coefficient (Wildman–Crippen LogP) is 2.08. The van der Waals surface area contributed by atoms with Crippen molar-refractivity contribution in [1.82, 2.24) is 10.1 Å². The minimum absolute atomic E-state index is 0.153. The van der Waals surface area contributed by atoms with Crippen molar-refractivity contribution in [2.75, 3.05) is 26.5 Å². The van der Waals surface area contributed by atoms with Crippen LogP contribution in [-0.2, 0) is 27.5 Å². The van der Waals surface area contributed by atoms with E-state index in [4.69, 9.17) is 9.26 Å². The molecular weight excluding hydrogens is 340 g/mol. The molecule has 2 heterocycles. The van der Waals surface area contributed by atoms with Gasteiger partial charge in [0.1, 0.15) is 5.76 Å². The molecule has 2 aromatic rings.